The molecule has 142 valence electrons. The number of hydrogen-bond donors (Lipinski definition) is 1. The largest absolute Gasteiger partial charge is 0.451 e. The summed E-state index contributed by atoms with van der Waals surface area (Å²) in [5.41, 5.74) is 1.30. The number of hydrogen-bond acceptors (Lipinski definition) is 6. The van der Waals surface area contributed by atoms with Gasteiger partial charge < -0.3 is 10.1 Å². The normalized spacial score (nSPS) is 12.9. The summed E-state index contributed by atoms with van der Waals surface area (Å²) < 4.78 is 5.03. The number of carbonyl (C=O) groups excluding carboxylic acids is 2. The number of ether oxygens (including phenoxy) is 1. The number of nitrogens with zero attached hydrogens (tertiary/aromatic N) is 2. The standard InChI is InChI=1S/C20H23N3O3S/c1-5-14-6-8-15(9-7-14)18-22-16(11-27-18)19(25)26-10-17(24)23-20(4,12-21)13(2)3/h6-9,11,13H,5,10H2,1-4H3,(H,23,24)/t20-/m1/s1. The molecular weight excluding hydrogens is 362 g/mol. The molecular formula is C20H23N3O3S. The van der Waals surface area contributed by atoms with Crippen LogP contribution in [0.2, 0.25) is 0 Å². The fourth-order valence-corrected chi connectivity index (χ4v) is 3.01. The first-order valence-electron chi connectivity index (χ1n) is 8.73. The second-order valence-electron chi connectivity index (χ2n) is 6.68. The molecule has 0 radical (unpaired) electrons. The summed E-state index contributed by atoms with van der Waals surface area (Å²) in [4.78, 5) is 28.4. The summed E-state index contributed by atoms with van der Waals surface area (Å²) in [6.45, 7) is 6.93. The van der Waals surface area contributed by atoms with Crippen molar-refractivity contribution < 1.29 is 14.3 Å². The van der Waals surface area contributed by atoms with Gasteiger partial charge in [0.2, 0.25) is 0 Å². The number of thiazole rings is 1. The minimum Gasteiger partial charge on any atom is -0.451 e. The lowest BCUT2D eigenvalue weighted by Gasteiger charge is -2.27. The quantitative estimate of drug-likeness (QED) is 0.736. The van der Waals surface area contributed by atoms with Crippen molar-refractivity contribution in [1.29, 1.82) is 5.26 Å². The summed E-state index contributed by atoms with van der Waals surface area (Å²) in [7, 11) is 0. The van der Waals surface area contributed by atoms with E-state index in [-0.39, 0.29) is 11.6 Å². The highest BCUT2D eigenvalue weighted by Crippen LogP contribution is 2.24. The minimum atomic E-state index is -1.01. The smallest absolute Gasteiger partial charge is 0.358 e. The van der Waals surface area contributed by atoms with Crippen LogP contribution in [-0.4, -0.2) is 29.0 Å². The van der Waals surface area contributed by atoms with Crippen LogP contribution in [0.4, 0.5) is 0 Å². The van der Waals surface area contributed by atoms with Crippen molar-refractivity contribution in [2.24, 2.45) is 5.92 Å². The Morgan fingerprint density at radius 2 is 2.00 bits per heavy atom. The van der Waals surface area contributed by atoms with Crippen molar-refractivity contribution in [2.75, 3.05) is 6.61 Å². The molecule has 2 aromatic rings. The number of nitrogens with one attached hydrogen (secondary N) is 1. The molecule has 1 amide bonds. The molecule has 0 saturated carbocycles. The fourth-order valence-electron chi connectivity index (χ4n) is 2.22. The topological polar surface area (TPSA) is 92.1 Å². The molecule has 0 fully saturated rings. The highest BCUT2D eigenvalue weighted by molar-refractivity contribution is 7.13. The average Bonchev–Trinajstić information content (AvgIpc) is 3.16. The molecule has 0 bridgehead atoms. The van der Waals surface area contributed by atoms with Gasteiger partial charge in [-0.3, -0.25) is 4.79 Å². The van der Waals surface area contributed by atoms with E-state index < -0.39 is 24.0 Å². The van der Waals surface area contributed by atoms with Crippen LogP contribution < -0.4 is 5.32 Å². The van der Waals surface area contributed by atoms with Crippen molar-refractivity contribution in [3.8, 4) is 16.6 Å². The first-order valence-corrected chi connectivity index (χ1v) is 9.61. The van der Waals surface area contributed by atoms with Gasteiger partial charge in [-0.25, -0.2) is 9.78 Å². The van der Waals surface area contributed by atoms with E-state index in [2.05, 4.69) is 23.3 Å². The number of carbonyl (C=O) groups is 2. The van der Waals surface area contributed by atoms with E-state index in [4.69, 9.17) is 4.74 Å². The van der Waals surface area contributed by atoms with E-state index in [0.717, 1.165) is 12.0 Å². The lowest BCUT2D eigenvalue weighted by atomic mass is 9.90. The molecule has 0 aliphatic heterocycles. The van der Waals surface area contributed by atoms with Crippen LogP contribution in [0.15, 0.2) is 29.6 Å². The number of aryl methyl sites for hydroxylation is 1. The molecule has 1 aromatic heterocycles. The van der Waals surface area contributed by atoms with E-state index in [1.165, 1.54) is 16.9 Å². The first kappa shape index (κ1) is 20.6. The van der Waals surface area contributed by atoms with Gasteiger partial charge >= 0.3 is 5.97 Å². The summed E-state index contributed by atoms with van der Waals surface area (Å²) in [5.74, 6) is -1.27. The lowest BCUT2D eigenvalue weighted by molar-refractivity contribution is -0.125. The van der Waals surface area contributed by atoms with Crippen LogP contribution in [0.3, 0.4) is 0 Å². The minimum absolute atomic E-state index is 0.0812. The highest BCUT2D eigenvalue weighted by atomic mass is 32.1. The summed E-state index contributed by atoms with van der Waals surface area (Å²) in [6.07, 6.45) is 0.958. The van der Waals surface area contributed by atoms with Crippen molar-refractivity contribution in [3.63, 3.8) is 0 Å². The number of aromatic nitrogens is 1. The van der Waals surface area contributed by atoms with Crippen molar-refractivity contribution in [2.45, 2.75) is 39.7 Å². The molecule has 7 heteroatoms. The molecule has 2 rings (SSSR count). The predicted molar refractivity (Wildman–Crippen MR) is 104 cm³/mol. The molecule has 1 atom stereocenters. The van der Waals surface area contributed by atoms with Gasteiger partial charge in [0.15, 0.2) is 12.3 Å². The van der Waals surface area contributed by atoms with Crippen LogP contribution in [0.1, 0.15) is 43.7 Å². The molecule has 6 nitrogen and oxygen atoms in total. The van der Waals surface area contributed by atoms with Crippen LogP contribution in [0.5, 0.6) is 0 Å². The van der Waals surface area contributed by atoms with Gasteiger partial charge in [-0.05, 0) is 24.8 Å². The average molecular weight is 385 g/mol. The van der Waals surface area contributed by atoms with E-state index in [0.29, 0.717) is 5.01 Å². The monoisotopic (exact) mass is 385 g/mol. The number of esters is 1. The zero-order valence-corrected chi connectivity index (χ0v) is 16.7. The maximum Gasteiger partial charge on any atom is 0.358 e. The zero-order valence-electron chi connectivity index (χ0n) is 15.9. The van der Waals surface area contributed by atoms with Crippen LogP contribution >= 0.6 is 11.3 Å². The fraction of sp³-hybridized carbons (Fsp3) is 0.400. The summed E-state index contributed by atoms with van der Waals surface area (Å²) >= 11 is 1.34. The van der Waals surface area contributed by atoms with E-state index >= 15 is 0 Å². The summed E-state index contributed by atoms with van der Waals surface area (Å²) in [6, 6.07) is 10.1. The molecule has 27 heavy (non-hydrogen) atoms. The number of rotatable bonds is 7. The third kappa shape index (κ3) is 5.14. The molecule has 0 aliphatic carbocycles. The third-order valence-corrected chi connectivity index (χ3v) is 5.33. The molecule has 1 N–H and O–H groups in total. The van der Waals surface area contributed by atoms with Gasteiger partial charge in [0.05, 0.1) is 6.07 Å². The lowest BCUT2D eigenvalue weighted by Crippen LogP contribution is -2.50. The SMILES string of the molecule is CCc1ccc(-c2nc(C(=O)OCC(=O)N[C@](C)(C#N)C(C)C)cs2)cc1. The molecule has 0 aliphatic rings. The first-order chi connectivity index (χ1) is 12.8. The van der Waals surface area contributed by atoms with Crippen molar-refractivity contribution in [1.82, 2.24) is 10.3 Å². The Balaban J connectivity index is 1.96. The van der Waals surface area contributed by atoms with Gasteiger partial charge in [0.25, 0.3) is 5.91 Å². The molecule has 1 aromatic carbocycles. The second-order valence-corrected chi connectivity index (χ2v) is 7.54. The Kier molecular flexibility index (Phi) is 6.70. The van der Waals surface area contributed by atoms with Gasteiger partial charge in [-0.2, -0.15) is 5.26 Å². The maximum absolute atomic E-state index is 12.1. The van der Waals surface area contributed by atoms with Gasteiger partial charge in [-0.15, -0.1) is 11.3 Å². The van der Waals surface area contributed by atoms with Gasteiger partial charge in [0.1, 0.15) is 10.5 Å². The Labute approximate surface area is 163 Å². The third-order valence-electron chi connectivity index (χ3n) is 4.44. The molecule has 0 unspecified atom stereocenters. The van der Waals surface area contributed by atoms with Crippen molar-refractivity contribution in [3.05, 3.63) is 40.9 Å². The Bertz CT molecular complexity index is 852. The highest BCUT2D eigenvalue weighted by Gasteiger charge is 2.30. The van der Waals surface area contributed by atoms with Gasteiger partial charge in [0, 0.05) is 10.9 Å². The Hall–Kier alpha value is -2.72. The second kappa shape index (κ2) is 8.78. The number of benzene rings is 1. The Morgan fingerprint density at radius 1 is 1.33 bits per heavy atom. The number of amides is 1. The van der Waals surface area contributed by atoms with E-state index in [1.54, 1.807) is 12.3 Å². The van der Waals surface area contributed by atoms with E-state index in [1.807, 2.05) is 38.1 Å². The van der Waals surface area contributed by atoms with Crippen molar-refractivity contribution >= 4 is 23.2 Å². The molecule has 0 spiro atoms. The predicted octanol–water partition coefficient (Wildman–Crippen LogP) is 3.58. The zero-order chi connectivity index (χ0) is 20.0. The summed E-state index contributed by atoms with van der Waals surface area (Å²) in [5, 5.41) is 14.1. The molecule has 1 heterocycles. The molecule has 0 saturated heterocycles. The maximum atomic E-state index is 12.1. The van der Waals surface area contributed by atoms with Crippen LogP contribution in [-0.2, 0) is 16.0 Å². The Morgan fingerprint density at radius 3 is 2.56 bits per heavy atom. The van der Waals surface area contributed by atoms with Crippen LogP contribution in [0.25, 0.3) is 10.6 Å². The van der Waals surface area contributed by atoms with E-state index in [9.17, 15) is 14.9 Å². The number of nitriles is 1. The van der Waals surface area contributed by atoms with Crippen LogP contribution in [0, 0.1) is 17.2 Å². The van der Waals surface area contributed by atoms with Gasteiger partial charge in [-0.1, -0.05) is 45.0 Å².